The van der Waals surface area contributed by atoms with Crippen LogP contribution in [0.4, 0.5) is 5.69 Å². The summed E-state index contributed by atoms with van der Waals surface area (Å²) < 4.78 is 33.0. The van der Waals surface area contributed by atoms with Gasteiger partial charge in [-0.2, -0.15) is 0 Å². The maximum atomic E-state index is 12.6. The van der Waals surface area contributed by atoms with Crippen LogP contribution >= 0.6 is 0 Å². The van der Waals surface area contributed by atoms with Crippen LogP contribution in [0.5, 0.6) is 11.5 Å². The van der Waals surface area contributed by atoms with Crippen LogP contribution in [0.3, 0.4) is 0 Å². The summed E-state index contributed by atoms with van der Waals surface area (Å²) in [6, 6.07) is 16.7. The summed E-state index contributed by atoms with van der Waals surface area (Å²) in [6.07, 6.45) is 3.29. The van der Waals surface area contributed by atoms with E-state index in [-0.39, 0.29) is 17.9 Å². The number of para-hydroxylation sites is 1. The van der Waals surface area contributed by atoms with E-state index in [9.17, 15) is 13.2 Å². The van der Waals surface area contributed by atoms with E-state index in [1.165, 1.54) is 0 Å². The number of carbonyl (C=O) groups excluding carboxylic acids is 1. The van der Waals surface area contributed by atoms with Gasteiger partial charge in [-0.3, -0.25) is 4.79 Å². The SMILES string of the molecule is CCC(C)S(=O)(=O)NC1CCC(C(=O)Nc2ccc(Oc3ccccc3)cc2)CC1. The average Bonchev–Trinajstić information content (AvgIpc) is 2.75. The van der Waals surface area contributed by atoms with E-state index in [0.717, 1.165) is 11.4 Å². The third kappa shape index (κ3) is 6.06. The molecule has 0 heterocycles. The van der Waals surface area contributed by atoms with Gasteiger partial charge in [-0.25, -0.2) is 13.1 Å². The summed E-state index contributed by atoms with van der Waals surface area (Å²) in [4.78, 5) is 12.6. The number of rotatable bonds is 8. The minimum absolute atomic E-state index is 0.0186. The molecule has 0 bridgehead atoms. The molecule has 0 radical (unpaired) electrons. The fourth-order valence-electron chi connectivity index (χ4n) is 3.52. The molecule has 0 aromatic heterocycles. The van der Waals surface area contributed by atoms with E-state index in [4.69, 9.17) is 4.74 Å². The highest BCUT2D eigenvalue weighted by atomic mass is 32.2. The molecule has 1 aliphatic rings. The molecule has 1 amide bonds. The van der Waals surface area contributed by atoms with Crippen molar-refractivity contribution in [1.82, 2.24) is 4.72 Å². The smallest absolute Gasteiger partial charge is 0.227 e. The Morgan fingerprint density at radius 3 is 2.20 bits per heavy atom. The molecule has 1 fully saturated rings. The second-order valence-electron chi connectivity index (χ2n) is 7.86. The van der Waals surface area contributed by atoms with Crippen LogP contribution in [-0.4, -0.2) is 25.6 Å². The Balaban J connectivity index is 1.48. The Bertz CT molecular complexity index is 921. The van der Waals surface area contributed by atoms with Crippen LogP contribution in [0.15, 0.2) is 54.6 Å². The quantitative estimate of drug-likeness (QED) is 0.636. The molecule has 1 unspecified atom stereocenters. The lowest BCUT2D eigenvalue weighted by molar-refractivity contribution is -0.120. The monoisotopic (exact) mass is 430 g/mol. The summed E-state index contributed by atoms with van der Waals surface area (Å²) in [7, 11) is -3.29. The van der Waals surface area contributed by atoms with Gasteiger partial charge < -0.3 is 10.1 Å². The minimum atomic E-state index is -3.29. The summed E-state index contributed by atoms with van der Waals surface area (Å²) in [6.45, 7) is 3.59. The van der Waals surface area contributed by atoms with Crippen LogP contribution < -0.4 is 14.8 Å². The van der Waals surface area contributed by atoms with Crippen molar-refractivity contribution in [2.75, 3.05) is 5.32 Å². The number of ether oxygens (including phenoxy) is 1. The number of amides is 1. The molecular weight excluding hydrogens is 400 g/mol. The van der Waals surface area contributed by atoms with Crippen LogP contribution in [0, 0.1) is 5.92 Å². The molecule has 2 N–H and O–H groups in total. The molecule has 2 aromatic carbocycles. The van der Waals surface area contributed by atoms with Gasteiger partial charge in [0.1, 0.15) is 11.5 Å². The van der Waals surface area contributed by atoms with E-state index in [0.29, 0.717) is 37.9 Å². The van der Waals surface area contributed by atoms with Gasteiger partial charge in [-0.1, -0.05) is 25.1 Å². The number of hydrogen-bond donors (Lipinski definition) is 2. The normalized spacial score (nSPS) is 20.3. The Hall–Kier alpha value is -2.38. The third-order valence-corrected chi connectivity index (χ3v) is 7.69. The van der Waals surface area contributed by atoms with Crippen LogP contribution in [0.2, 0.25) is 0 Å². The number of nitrogens with one attached hydrogen (secondary N) is 2. The lowest BCUT2D eigenvalue weighted by Gasteiger charge is -2.29. The van der Waals surface area contributed by atoms with Crippen LogP contribution in [0.25, 0.3) is 0 Å². The van der Waals surface area contributed by atoms with Gasteiger partial charge in [0.05, 0.1) is 5.25 Å². The zero-order valence-corrected chi connectivity index (χ0v) is 18.3. The summed E-state index contributed by atoms with van der Waals surface area (Å²) in [5.74, 6) is 1.34. The Labute approximate surface area is 179 Å². The van der Waals surface area contributed by atoms with Crippen LogP contribution in [0.1, 0.15) is 46.0 Å². The van der Waals surface area contributed by atoms with Gasteiger partial charge in [-0.15, -0.1) is 0 Å². The van der Waals surface area contributed by atoms with Gasteiger partial charge in [0, 0.05) is 17.6 Å². The lowest BCUT2D eigenvalue weighted by atomic mass is 9.86. The molecule has 3 rings (SSSR count). The first-order valence-corrected chi connectivity index (χ1v) is 12.1. The molecule has 6 nitrogen and oxygen atoms in total. The summed E-state index contributed by atoms with van der Waals surface area (Å²) in [5, 5.41) is 2.56. The van der Waals surface area contributed by atoms with E-state index >= 15 is 0 Å². The highest BCUT2D eigenvalue weighted by Crippen LogP contribution is 2.27. The molecule has 30 heavy (non-hydrogen) atoms. The highest BCUT2D eigenvalue weighted by molar-refractivity contribution is 7.90. The van der Waals surface area contributed by atoms with Gasteiger partial charge in [0.2, 0.25) is 15.9 Å². The van der Waals surface area contributed by atoms with Crippen LogP contribution in [-0.2, 0) is 14.8 Å². The second-order valence-corrected chi connectivity index (χ2v) is 9.99. The van der Waals surface area contributed by atoms with Gasteiger partial charge in [-0.05, 0) is 75.4 Å². The number of hydrogen-bond acceptors (Lipinski definition) is 4. The molecule has 162 valence electrons. The van der Waals surface area contributed by atoms with Crippen molar-refractivity contribution < 1.29 is 17.9 Å². The van der Waals surface area contributed by atoms with E-state index in [1.807, 2.05) is 61.5 Å². The van der Waals surface area contributed by atoms with Crippen molar-refractivity contribution in [3.63, 3.8) is 0 Å². The van der Waals surface area contributed by atoms with Crippen molar-refractivity contribution in [2.45, 2.75) is 57.2 Å². The number of carbonyl (C=O) groups is 1. The van der Waals surface area contributed by atoms with Crippen molar-refractivity contribution >= 4 is 21.6 Å². The molecule has 1 aliphatic carbocycles. The largest absolute Gasteiger partial charge is 0.457 e. The Kier molecular flexibility index (Phi) is 7.50. The van der Waals surface area contributed by atoms with E-state index in [1.54, 1.807) is 6.92 Å². The van der Waals surface area contributed by atoms with E-state index < -0.39 is 15.3 Å². The Morgan fingerprint density at radius 1 is 1.00 bits per heavy atom. The molecule has 1 saturated carbocycles. The lowest BCUT2D eigenvalue weighted by Crippen LogP contribution is -2.42. The molecule has 0 saturated heterocycles. The highest BCUT2D eigenvalue weighted by Gasteiger charge is 2.30. The van der Waals surface area contributed by atoms with Crippen molar-refractivity contribution in [1.29, 1.82) is 0 Å². The molecule has 0 aliphatic heterocycles. The summed E-state index contributed by atoms with van der Waals surface area (Å²) >= 11 is 0. The van der Waals surface area contributed by atoms with Crippen molar-refractivity contribution in [3.8, 4) is 11.5 Å². The molecule has 1 atom stereocenters. The molecule has 7 heteroatoms. The first-order valence-electron chi connectivity index (χ1n) is 10.5. The topological polar surface area (TPSA) is 84.5 Å². The first kappa shape index (κ1) is 22.3. The van der Waals surface area contributed by atoms with Gasteiger partial charge in [0.15, 0.2) is 0 Å². The Morgan fingerprint density at radius 2 is 1.60 bits per heavy atom. The van der Waals surface area contributed by atoms with E-state index in [2.05, 4.69) is 10.0 Å². The van der Waals surface area contributed by atoms with Crippen molar-refractivity contribution in [2.24, 2.45) is 5.92 Å². The van der Waals surface area contributed by atoms with Gasteiger partial charge in [0.25, 0.3) is 0 Å². The third-order valence-electron chi connectivity index (χ3n) is 5.63. The first-order chi connectivity index (χ1) is 14.4. The predicted molar refractivity (Wildman–Crippen MR) is 119 cm³/mol. The number of anilines is 1. The van der Waals surface area contributed by atoms with Crippen molar-refractivity contribution in [3.05, 3.63) is 54.6 Å². The zero-order chi connectivity index (χ0) is 21.6. The maximum absolute atomic E-state index is 12.6. The molecule has 0 spiro atoms. The second kappa shape index (κ2) is 10.1. The zero-order valence-electron chi connectivity index (χ0n) is 17.5. The van der Waals surface area contributed by atoms with Gasteiger partial charge >= 0.3 is 0 Å². The fourth-order valence-corrected chi connectivity index (χ4v) is 4.89. The molecule has 2 aromatic rings. The summed E-state index contributed by atoms with van der Waals surface area (Å²) in [5.41, 5.74) is 0.722. The molecular formula is C23H30N2O4S. The fraction of sp³-hybridized carbons (Fsp3) is 0.435. The number of benzene rings is 2. The standard InChI is InChI=1S/C23H30N2O4S/c1-3-17(2)30(27,28)25-20-11-9-18(10-12-20)23(26)24-19-13-15-22(16-14-19)29-21-7-5-4-6-8-21/h4-8,13-18,20,25H,3,9-12H2,1-2H3,(H,24,26). The minimum Gasteiger partial charge on any atom is -0.457 e. The average molecular weight is 431 g/mol. The predicted octanol–water partition coefficient (Wildman–Crippen LogP) is 4.69. The maximum Gasteiger partial charge on any atom is 0.227 e. The number of sulfonamides is 1.